The van der Waals surface area contributed by atoms with Crippen molar-refractivity contribution >= 4 is 23.2 Å². The molecule has 2 atom stereocenters. The molecule has 1 aromatic carbocycles. The third kappa shape index (κ3) is 3.92. The summed E-state index contributed by atoms with van der Waals surface area (Å²) in [5, 5.41) is 11.2. The summed E-state index contributed by atoms with van der Waals surface area (Å²) in [5.41, 5.74) is 3.49. The van der Waals surface area contributed by atoms with Crippen LogP contribution in [0.2, 0.25) is 5.02 Å². The number of anilines is 1. The number of nitrogens with one attached hydrogen (secondary N) is 2. The van der Waals surface area contributed by atoms with Crippen LogP contribution in [-0.4, -0.2) is 21.7 Å². The van der Waals surface area contributed by atoms with Crippen LogP contribution in [0, 0.1) is 13.8 Å². The smallest absolute Gasteiger partial charge is 0.241 e. The second kappa shape index (κ2) is 7.15. The van der Waals surface area contributed by atoms with Crippen LogP contribution in [0.15, 0.2) is 24.3 Å². The highest BCUT2D eigenvalue weighted by atomic mass is 35.5. The van der Waals surface area contributed by atoms with Crippen LogP contribution in [0.3, 0.4) is 0 Å². The van der Waals surface area contributed by atoms with Gasteiger partial charge in [-0.3, -0.25) is 14.8 Å². The standard InChI is InChI=1S/C17H23ClN4O/c1-10(14-8-6-7-9-15(14)18)19-12(3)17(23)20-16-11(2)21-22(5)13(16)4/h6-10,12,19H,1-5H3,(H,20,23)/t10-,12-/m0/s1. The fourth-order valence-electron chi connectivity index (χ4n) is 2.55. The van der Waals surface area contributed by atoms with E-state index in [0.29, 0.717) is 5.02 Å². The first-order valence-electron chi connectivity index (χ1n) is 7.62. The zero-order valence-corrected chi connectivity index (χ0v) is 14.9. The second-order valence-corrected chi connectivity index (χ2v) is 6.20. The van der Waals surface area contributed by atoms with Crippen molar-refractivity contribution in [2.24, 2.45) is 7.05 Å². The Morgan fingerprint density at radius 2 is 1.91 bits per heavy atom. The van der Waals surface area contributed by atoms with E-state index in [1.165, 1.54) is 0 Å². The van der Waals surface area contributed by atoms with Gasteiger partial charge in [0.05, 0.1) is 23.1 Å². The number of hydrogen-bond acceptors (Lipinski definition) is 3. The van der Waals surface area contributed by atoms with Gasteiger partial charge in [0.2, 0.25) is 5.91 Å². The Bertz CT molecular complexity index is 711. The maximum absolute atomic E-state index is 12.4. The number of carbonyl (C=O) groups is 1. The van der Waals surface area contributed by atoms with Crippen molar-refractivity contribution in [1.29, 1.82) is 0 Å². The normalized spacial score (nSPS) is 13.7. The molecule has 1 amide bonds. The first kappa shape index (κ1) is 17.5. The molecule has 2 rings (SSSR count). The highest BCUT2D eigenvalue weighted by Crippen LogP contribution is 2.23. The van der Waals surface area contributed by atoms with Crippen LogP contribution < -0.4 is 10.6 Å². The van der Waals surface area contributed by atoms with E-state index in [1.807, 2.05) is 59.0 Å². The molecule has 0 saturated carbocycles. The molecule has 0 fully saturated rings. The van der Waals surface area contributed by atoms with Gasteiger partial charge in [-0.2, -0.15) is 5.10 Å². The summed E-state index contributed by atoms with van der Waals surface area (Å²) in [6, 6.07) is 7.25. The maximum atomic E-state index is 12.4. The largest absolute Gasteiger partial charge is 0.322 e. The van der Waals surface area contributed by atoms with Gasteiger partial charge in [-0.05, 0) is 39.3 Å². The quantitative estimate of drug-likeness (QED) is 0.881. The van der Waals surface area contributed by atoms with Gasteiger partial charge in [-0.15, -0.1) is 0 Å². The lowest BCUT2D eigenvalue weighted by Gasteiger charge is -2.21. The fourth-order valence-corrected chi connectivity index (χ4v) is 2.85. The van der Waals surface area contributed by atoms with Gasteiger partial charge in [0.1, 0.15) is 0 Å². The minimum Gasteiger partial charge on any atom is -0.322 e. The van der Waals surface area contributed by atoms with E-state index >= 15 is 0 Å². The molecule has 0 unspecified atom stereocenters. The number of carbonyl (C=O) groups excluding carboxylic acids is 1. The zero-order chi connectivity index (χ0) is 17.1. The Hall–Kier alpha value is -1.85. The third-order valence-corrected chi connectivity index (χ3v) is 4.37. The molecule has 1 aromatic heterocycles. The van der Waals surface area contributed by atoms with Crippen molar-refractivity contribution in [3.8, 4) is 0 Å². The summed E-state index contributed by atoms with van der Waals surface area (Å²) in [7, 11) is 1.86. The molecule has 0 aliphatic rings. The number of aryl methyl sites for hydroxylation is 2. The van der Waals surface area contributed by atoms with Crippen molar-refractivity contribution in [1.82, 2.24) is 15.1 Å². The Morgan fingerprint density at radius 3 is 2.48 bits per heavy atom. The van der Waals surface area contributed by atoms with Crippen LogP contribution in [0.5, 0.6) is 0 Å². The van der Waals surface area contributed by atoms with Crippen LogP contribution in [-0.2, 0) is 11.8 Å². The lowest BCUT2D eigenvalue weighted by atomic mass is 10.1. The average Bonchev–Trinajstić information content (AvgIpc) is 2.73. The van der Waals surface area contributed by atoms with Gasteiger partial charge in [-0.25, -0.2) is 0 Å². The molecule has 23 heavy (non-hydrogen) atoms. The lowest BCUT2D eigenvalue weighted by molar-refractivity contribution is -0.117. The summed E-state index contributed by atoms with van der Waals surface area (Å²) >= 11 is 6.20. The van der Waals surface area contributed by atoms with E-state index in [-0.39, 0.29) is 18.0 Å². The zero-order valence-electron chi connectivity index (χ0n) is 14.1. The number of hydrogen-bond donors (Lipinski definition) is 2. The molecule has 0 radical (unpaired) electrons. The van der Waals surface area contributed by atoms with Crippen molar-refractivity contribution in [3.63, 3.8) is 0 Å². The second-order valence-electron chi connectivity index (χ2n) is 5.79. The SMILES string of the molecule is Cc1nn(C)c(C)c1NC(=O)[C@H](C)N[C@@H](C)c1ccccc1Cl. The molecule has 2 N–H and O–H groups in total. The molecule has 6 heteroatoms. The van der Waals surface area contributed by atoms with Crippen LogP contribution in [0.25, 0.3) is 0 Å². The van der Waals surface area contributed by atoms with E-state index < -0.39 is 0 Å². The van der Waals surface area contributed by atoms with Gasteiger partial charge in [0, 0.05) is 18.1 Å². The Labute approximate surface area is 142 Å². The molecule has 0 aliphatic carbocycles. The summed E-state index contributed by atoms with van der Waals surface area (Å²) < 4.78 is 1.76. The van der Waals surface area contributed by atoms with E-state index in [9.17, 15) is 4.79 Å². The van der Waals surface area contributed by atoms with Crippen LogP contribution >= 0.6 is 11.6 Å². The number of halogens is 1. The van der Waals surface area contributed by atoms with Gasteiger partial charge >= 0.3 is 0 Å². The Morgan fingerprint density at radius 1 is 1.26 bits per heavy atom. The molecule has 0 saturated heterocycles. The predicted octanol–water partition coefficient (Wildman–Crippen LogP) is 3.37. The summed E-state index contributed by atoms with van der Waals surface area (Å²) in [4.78, 5) is 12.4. The topological polar surface area (TPSA) is 59.0 Å². The van der Waals surface area contributed by atoms with Crippen LogP contribution in [0.1, 0.15) is 36.8 Å². The predicted molar refractivity (Wildman–Crippen MR) is 93.8 cm³/mol. The van der Waals surface area contributed by atoms with Gasteiger partial charge in [0.25, 0.3) is 0 Å². The molecule has 124 valence electrons. The van der Waals surface area contributed by atoms with Crippen molar-refractivity contribution in [2.45, 2.75) is 39.8 Å². The van der Waals surface area contributed by atoms with Gasteiger partial charge in [-0.1, -0.05) is 29.8 Å². The first-order valence-corrected chi connectivity index (χ1v) is 8.00. The number of nitrogens with zero attached hydrogens (tertiary/aromatic N) is 2. The van der Waals surface area contributed by atoms with Crippen molar-refractivity contribution < 1.29 is 4.79 Å². The minimum absolute atomic E-state index is 0.0273. The number of rotatable bonds is 5. The summed E-state index contributed by atoms with van der Waals surface area (Å²) in [5.74, 6) is -0.0943. The molecule has 0 aliphatic heterocycles. The molecule has 2 aromatic rings. The molecule has 0 bridgehead atoms. The highest BCUT2D eigenvalue weighted by molar-refractivity contribution is 6.31. The minimum atomic E-state index is -0.361. The van der Waals surface area contributed by atoms with Crippen molar-refractivity contribution in [2.75, 3.05) is 5.32 Å². The number of benzene rings is 1. The lowest BCUT2D eigenvalue weighted by Crippen LogP contribution is -2.39. The number of aromatic nitrogens is 2. The molecule has 1 heterocycles. The Kier molecular flexibility index (Phi) is 5.44. The molecular formula is C17H23ClN4O. The van der Waals surface area contributed by atoms with E-state index in [4.69, 9.17) is 11.6 Å². The summed E-state index contributed by atoms with van der Waals surface area (Å²) in [6.07, 6.45) is 0. The number of amides is 1. The third-order valence-electron chi connectivity index (χ3n) is 4.02. The van der Waals surface area contributed by atoms with Crippen LogP contribution in [0.4, 0.5) is 5.69 Å². The van der Waals surface area contributed by atoms with Gasteiger partial charge < -0.3 is 5.32 Å². The molecule has 5 nitrogen and oxygen atoms in total. The first-order chi connectivity index (χ1) is 10.8. The average molecular weight is 335 g/mol. The Balaban J connectivity index is 2.04. The monoisotopic (exact) mass is 334 g/mol. The van der Waals surface area contributed by atoms with Gasteiger partial charge in [0.15, 0.2) is 0 Å². The molecule has 0 spiro atoms. The maximum Gasteiger partial charge on any atom is 0.241 e. The summed E-state index contributed by atoms with van der Waals surface area (Å²) in [6.45, 7) is 7.64. The van der Waals surface area contributed by atoms with E-state index in [2.05, 4.69) is 15.7 Å². The van der Waals surface area contributed by atoms with E-state index in [1.54, 1.807) is 4.68 Å². The van der Waals surface area contributed by atoms with Crippen molar-refractivity contribution in [3.05, 3.63) is 46.2 Å². The molecular weight excluding hydrogens is 312 g/mol. The van der Waals surface area contributed by atoms with E-state index in [0.717, 1.165) is 22.6 Å². The fraction of sp³-hybridized carbons (Fsp3) is 0.412. The highest BCUT2D eigenvalue weighted by Gasteiger charge is 2.20.